The van der Waals surface area contributed by atoms with E-state index in [4.69, 9.17) is 4.74 Å². The molecule has 1 unspecified atom stereocenters. The van der Waals surface area contributed by atoms with Crippen molar-refractivity contribution >= 4 is 15.8 Å². The Bertz CT molecular complexity index is 778. The van der Waals surface area contributed by atoms with Gasteiger partial charge in [0, 0.05) is 31.8 Å². The van der Waals surface area contributed by atoms with Crippen molar-refractivity contribution in [3.05, 3.63) is 12.1 Å². The zero-order chi connectivity index (χ0) is 20.6. The first-order chi connectivity index (χ1) is 12.2. The lowest BCUT2D eigenvalue weighted by atomic mass is 10.1. The van der Waals surface area contributed by atoms with E-state index in [0.29, 0.717) is 0 Å². The number of aromatic nitrogens is 1. The number of alkyl halides is 3. The number of nitrogens with zero attached hydrogens (tertiary/aromatic N) is 3. The lowest BCUT2D eigenvalue weighted by molar-refractivity contribution is -0.153. The normalized spacial score (nSPS) is 20.0. The SMILES string of the molecule is CCS(=O)(=O)N1CCN(c2cc(O)cc(OC(C)(C)C)n2)C(C(F)(F)F)C1. The average molecular weight is 411 g/mol. The standard InChI is InChI=1S/C16H24F3N3O4S/c1-5-27(24,25)21-6-7-22(12(10-21)16(17,18)19)13-8-11(23)9-14(20-13)26-15(2,3)4/h8-9,12H,5-7,10H2,1-4H3,(H,20,23). The molecule has 0 amide bonds. The minimum absolute atomic E-state index is 0.0120. The second-order valence-corrected chi connectivity index (χ2v) is 9.50. The van der Waals surface area contributed by atoms with Gasteiger partial charge in [-0.05, 0) is 27.7 Å². The Morgan fingerprint density at radius 2 is 1.89 bits per heavy atom. The molecule has 2 rings (SSSR count). The number of piperazine rings is 1. The van der Waals surface area contributed by atoms with Gasteiger partial charge in [-0.15, -0.1) is 0 Å². The molecule has 1 atom stereocenters. The molecule has 1 aromatic heterocycles. The Hall–Kier alpha value is -1.75. The Morgan fingerprint density at radius 1 is 1.26 bits per heavy atom. The van der Waals surface area contributed by atoms with Crippen LogP contribution in [0.2, 0.25) is 0 Å². The molecule has 2 heterocycles. The molecule has 7 nitrogen and oxygen atoms in total. The Balaban J connectivity index is 2.39. The molecule has 0 bridgehead atoms. The summed E-state index contributed by atoms with van der Waals surface area (Å²) in [6.45, 7) is 5.57. The third kappa shape index (κ3) is 5.38. The number of ether oxygens (including phenoxy) is 1. The molecular weight excluding hydrogens is 387 g/mol. The van der Waals surface area contributed by atoms with Crippen LogP contribution in [0.4, 0.5) is 19.0 Å². The fourth-order valence-electron chi connectivity index (χ4n) is 2.74. The monoisotopic (exact) mass is 411 g/mol. The van der Waals surface area contributed by atoms with Crippen LogP contribution >= 0.6 is 0 Å². The smallest absolute Gasteiger partial charge is 0.410 e. The summed E-state index contributed by atoms with van der Waals surface area (Å²) in [6.07, 6.45) is -4.68. The van der Waals surface area contributed by atoms with Gasteiger partial charge in [-0.1, -0.05) is 0 Å². The molecule has 0 aliphatic carbocycles. The number of halogens is 3. The highest BCUT2D eigenvalue weighted by Gasteiger charge is 2.49. The highest BCUT2D eigenvalue weighted by atomic mass is 32.2. The number of sulfonamides is 1. The topological polar surface area (TPSA) is 83.0 Å². The maximum Gasteiger partial charge on any atom is 0.410 e. The van der Waals surface area contributed by atoms with E-state index >= 15 is 0 Å². The quantitative estimate of drug-likeness (QED) is 0.819. The molecule has 1 saturated heterocycles. The molecule has 1 fully saturated rings. The maximum atomic E-state index is 13.6. The summed E-state index contributed by atoms with van der Waals surface area (Å²) in [4.78, 5) is 5.04. The third-order valence-corrected chi connectivity index (χ3v) is 5.81. The van der Waals surface area contributed by atoms with E-state index in [9.17, 15) is 26.7 Å². The molecule has 1 N–H and O–H groups in total. The fourth-order valence-corrected chi connectivity index (χ4v) is 3.83. The first-order valence-electron chi connectivity index (χ1n) is 8.44. The highest BCUT2D eigenvalue weighted by Crippen LogP contribution is 2.34. The lowest BCUT2D eigenvalue weighted by Gasteiger charge is -2.42. The van der Waals surface area contributed by atoms with E-state index in [2.05, 4.69) is 4.98 Å². The lowest BCUT2D eigenvalue weighted by Crippen LogP contribution is -2.60. The van der Waals surface area contributed by atoms with Crippen LogP contribution in [0.3, 0.4) is 0 Å². The average Bonchev–Trinajstić information content (AvgIpc) is 2.51. The molecular formula is C16H24F3N3O4S. The Morgan fingerprint density at radius 3 is 2.41 bits per heavy atom. The third-order valence-electron chi connectivity index (χ3n) is 3.96. The van der Waals surface area contributed by atoms with Crippen LogP contribution in [0.25, 0.3) is 0 Å². The first-order valence-corrected chi connectivity index (χ1v) is 10.0. The van der Waals surface area contributed by atoms with Crippen molar-refractivity contribution in [2.45, 2.75) is 45.5 Å². The summed E-state index contributed by atoms with van der Waals surface area (Å²) in [5.74, 6) is -0.693. The van der Waals surface area contributed by atoms with Gasteiger partial charge in [-0.25, -0.2) is 8.42 Å². The van der Waals surface area contributed by atoms with Gasteiger partial charge >= 0.3 is 6.18 Å². The van der Waals surface area contributed by atoms with Crippen molar-refractivity contribution in [2.24, 2.45) is 0 Å². The van der Waals surface area contributed by atoms with Gasteiger partial charge in [0.1, 0.15) is 23.2 Å². The van der Waals surface area contributed by atoms with Gasteiger partial charge in [0.15, 0.2) is 0 Å². The zero-order valence-corrected chi connectivity index (χ0v) is 16.4. The molecule has 0 saturated carbocycles. The van der Waals surface area contributed by atoms with E-state index in [0.717, 1.165) is 15.3 Å². The van der Waals surface area contributed by atoms with Crippen LogP contribution in [-0.2, 0) is 10.0 Å². The summed E-state index contributed by atoms with van der Waals surface area (Å²) in [5.41, 5.74) is -0.657. The second-order valence-electron chi connectivity index (χ2n) is 7.25. The summed E-state index contributed by atoms with van der Waals surface area (Å²) < 4.78 is 71.3. The number of hydrogen-bond donors (Lipinski definition) is 1. The van der Waals surface area contributed by atoms with Crippen LogP contribution in [0.1, 0.15) is 27.7 Å². The highest BCUT2D eigenvalue weighted by molar-refractivity contribution is 7.89. The van der Waals surface area contributed by atoms with Gasteiger partial charge in [-0.2, -0.15) is 22.5 Å². The van der Waals surface area contributed by atoms with Gasteiger partial charge in [0.2, 0.25) is 15.9 Å². The number of aromatic hydroxyl groups is 1. The van der Waals surface area contributed by atoms with Crippen molar-refractivity contribution in [3.63, 3.8) is 0 Å². The van der Waals surface area contributed by atoms with Crippen LogP contribution in [0.15, 0.2) is 12.1 Å². The van der Waals surface area contributed by atoms with Crippen molar-refractivity contribution in [2.75, 3.05) is 30.3 Å². The van der Waals surface area contributed by atoms with Gasteiger partial charge in [0.25, 0.3) is 0 Å². The predicted molar refractivity (Wildman–Crippen MR) is 94.5 cm³/mol. The second kappa shape index (κ2) is 7.34. The van der Waals surface area contributed by atoms with E-state index < -0.39 is 34.4 Å². The molecule has 1 aliphatic heterocycles. The van der Waals surface area contributed by atoms with Gasteiger partial charge in [0.05, 0.1) is 5.75 Å². The number of anilines is 1. The van der Waals surface area contributed by atoms with Crippen LogP contribution in [-0.4, -0.2) is 66.0 Å². The van der Waals surface area contributed by atoms with Crippen molar-refractivity contribution in [1.82, 2.24) is 9.29 Å². The molecule has 27 heavy (non-hydrogen) atoms. The number of rotatable bonds is 4. The van der Waals surface area contributed by atoms with E-state index in [1.165, 1.54) is 13.0 Å². The molecule has 11 heteroatoms. The molecule has 0 aromatic carbocycles. The van der Waals surface area contributed by atoms with Crippen molar-refractivity contribution in [3.8, 4) is 11.6 Å². The molecule has 1 aromatic rings. The number of pyridine rings is 1. The maximum absolute atomic E-state index is 13.6. The van der Waals surface area contributed by atoms with Crippen LogP contribution < -0.4 is 9.64 Å². The molecule has 0 spiro atoms. The number of hydrogen-bond acceptors (Lipinski definition) is 6. The largest absolute Gasteiger partial charge is 0.508 e. The van der Waals surface area contributed by atoms with Gasteiger partial charge < -0.3 is 14.7 Å². The minimum atomic E-state index is -4.68. The van der Waals surface area contributed by atoms with E-state index in [-0.39, 0.29) is 36.3 Å². The van der Waals surface area contributed by atoms with Crippen molar-refractivity contribution in [1.29, 1.82) is 0 Å². The van der Waals surface area contributed by atoms with E-state index in [1.54, 1.807) is 20.8 Å². The molecule has 154 valence electrons. The van der Waals surface area contributed by atoms with Crippen molar-refractivity contribution < 1.29 is 31.4 Å². The molecule has 0 radical (unpaired) electrons. The zero-order valence-electron chi connectivity index (χ0n) is 15.6. The Labute approximate surface area is 156 Å². The van der Waals surface area contributed by atoms with E-state index in [1.807, 2.05) is 0 Å². The summed E-state index contributed by atoms with van der Waals surface area (Å²) in [6, 6.07) is 0.247. The molecule has 1 aliphatic rings. The summed E-state index contributed by atoms with van der Waals surface area (Å²) >= 11 is 0. The first kappa shape index (κ1) is 21.5. The minimum Gasteiger partial charge on any atom is -0.508 e. The summed E-state index contributed by atoms with van der Waals surface area (Å²) in [5, 5.41) is 9.90. The predicted octanol–water partition coefficient (Wildman–Crippen LogP) is 2.37. The van der Waals surface area contributed by atoms with Gasteiger partial charge in [-0.3, -0.25) is 0 Å². The fraction of sp³-hybridized carbons (Fsp3) is 0.688. The van der Waals surface area contributed by atoms with Crippen LogP contribution in [0.5, 0.6) is 11.6 Å². The Kier molecular flexibility index (Phi) is 5.86. The summed E-state index contributed by atoms with van der Waals surface area (Å²) in [7, 11) is -3.75. The van der Waals surface area contributed by atoms with Crippen LogP contribution in [0, 0.1) is 0 Å².